The van der Waals surface area contributed by atoms with Crippen LogP contribution in [0.15, 0.2) is 30.3 Å². The third kappa shape index (κ3) is 4.40. The van der Waals surface area contributed by atoms with Crippen LogP contribution in [0.5, 0.6) is 0 Å². The first-order valence-corrected chi connectivity index (χ1v) is 13.4. The quantitative estimate of drug-likeness (QED) is 0.623. The second kappa shape index (κ2) is 9.49. The predicted octanol–water partition coefficient (Wildman–Crippen LogP) is 2.99. The Morgan fingerprint density at radius 3 is 2.20 bits per heavy atom. The van der Waals surface area contributed by atoms with Gasteiger partial charge in [0.05, 0.1) is 24.3 Å². The van der Waals surface area contributed by atoms with E-state index >= 15 is 0 Å². The standard InChI is InChI=1S/C28H41N3O4/c1-29(2)28(22-9-4-3-5-10-22)13-11-27(12-14-28)19-30(26(35)31(27)17-20-7-6-8-20)18-25(34)21-15-23(32)24(33)16-21/h3-5,9-10,20-21,23-24,32-33H,6-8,11-19H2,1-2H3/t23-,24-,27-,28+/m0/s1. The number of ketones is 1. The van der Waals surface area contributed by atoms with E-state index in [-0.39, 0.29) is 35.4 Å². The number of carbonyl (C=O) groups is 2. The maximum Gasteiger partial charge on any atom is 0.321 e. The highest BCUT2D eigenvalue weighted by Crippen LogP contribution is 2.49. The number of carbonyl (C=O) groups excluding carboxylic acids is 2. The molecule has 35 heavy (non-hydrogen) atoms. The van der Waals surface area contributed by atoms with Crippen LogP contribution in [0.2, 0.25) is 0 Å². The third-order valence-corrected chi connectivity index (χ3v) is 9.70. The highest BCUT2D eigenvalue weighted by molar-refractivity contribution is 5.88. The summed E-state index contributed by atoms with van der Waals surface area (Å²) in [6.45, 7) is 1.48. The molecule has 7 heteroatoms. The fourth-order valence-corrected chi connectivity index (χ4v) is 7.08. The van der Waals surface area contributed by atoms with Crippen LogP contribution in [0.25, 0.3) is 0 Å². The predicted molar refractivity (Wildman–Crippen MR) is 134 cm³/mol. The fraction of sp³-hybridized carbons (Fsp3) is 0.714. The van der Waals surface area contributed by atoms with Gasteiger partial charge in [0, 0.05) is 24.5 Å². The van der Waals surface area contributed by atoms with Crippen molar-refractivity contribution in [3.05, 3.63) is 35.9 Å². The van der Waals surface area contributed by atoms with E-state index in [4.69, 9.17) is 0 Å². The van der Waals surface area contributed by atoms with E-state index < -0.39 is 12.2 Å². The van der Waals surface area contributed by atoms with Gasteiger partial charge in [-0.2, -0.15) is 0 Å². The van der Waals surface area contributed by atoms with Crippen molar-refractivity contribution in [1.82, 2.24) is 14.7 Å². The Labute approximate surface area is 209 Å². The van der Waals surface area contributed by atoms with Crippen molar-refractivity contribution in [3.63, 3.8) is 0 Å². The maximum absolute atomic E-state index is 13.7. The molecule has 2 amide bonds. The van der Waals surface area contributed by atoms with Gasteiger partial charge >= 0.3 is 6.03 Å². The molecule has 0 radical (unpaired) electrons. The van der Waals surface area contributed by atoms with Crippen LogP contribution in [0.3, 0.4) is 0 Å². The first-order valence-electron chi connectivity index (χ1n) is 13.4. The molecule has 1 aromatic carbocycles. The Morgan fingerprint density at radius 1 is 1.03 bits per heavy atom. The number of hydrogen-bond acceptors (Lipinski definition) is 5. The second-order valence-corrected chi connectivity index (χ2v) is 11.8. The zero-order valence-corrected chi connectivity index (χ0v) is 21.2. The van der Waals surface area contributed by atoms with Crippen molar-refractivity contribution in [2.45, 2.75) is 81.1 Å². The lowest BCUT2D eigenvalue weighted by Gasteiger charge is -2.51. The summed E-state index contributed by atoms with van der Waals surface area (Å²) < 4.78 is 0. The van der Waals surface area contributed by atoms with Crippen molar-refractivity contribution >= 4 is 11.8 Å². The van der Waals surface area contributed by atoms with Crippen molar-refractivity contribution < 1.29 is 19.8 Å². The molecule has 2 N–H and O–H groups in total. The molecule has 4 aliphatic rings. The molecule has 5 rings (SSSR count). The minimum atomic E-state index is -0.838. The number of benzene rings is 1. The Bertz CT molecular complexity index is 913. The second-order valence-electron chi connectivity index (χ2n) is 11.8. The normalized spacial score (nSPS) is 34.3. The van der Waals surface area contributed by atoms with Gasteiger partial charge in [0.25, 0.3) is 0 Å². The molecule has 3 saturated carbocycles. The van der Waals surface area contributed by atoms with Gasteiger partial charge in [0.15, 0.2) is 5.78 Å². The Hall–Kier alpha value is -1.96. The molecule has 1 aliphatic heterocycles. The van der Waals surface area contributed by atoms with E-state index in [1.807, 2.05) is 0 Å². The summed E-state index contributed by atoms with van der Waals surface area (Å²) >= 11 is 0. The minimum Gasteiger partial charge on any atom is -0.390 e. The molecule has 1 saturated heterocycles. The molecule has 0 aromatic heterocycles. The molecule has 192 valence electrons. The molecule has 1 spiro atoms. The monoisotopic (exact) mass is 483 g/mol. The van der Waals surface area contributed by atoms with Crippen molar-refractivity contribution in [2.24, 2.45) is 11.8 Å². The highest BCUT2D eigenvalue weighted by atomic mass is 16.3. The lowest BCUT2D eigenvalue weighted by molar-refractivity contribution is -0.123. The Balaban J connectivity index is 1.35. The number of amides is 2. The van der Waals surface area contributed by atoms with Crippen molar-refractivity contribution in [2.75, 3.05) is 33.7 Å². The molecular formula is C28H41N3O4. The number of aliphatic hydroxyl groups excluding tert-OH is 2. The van der Waals surface area contributed by atoms with Gasteiger partial charge in [-0.05, 0) is 76.9 Å². The minimum absolute atomic E-state index is 0.00130. The zero-order valence-electron chi connectivity index (χ0n) is 21.2. The zero-order chi connectivity index (χ0) is 24.8. The maximum atomic E-state index is 13.7. The van der Waals surface area contributed by atoms with E-state index in [1.54, 1.807) is 4.90 Å². The van der Waals surface area contributed by atoms with Crippen LogP contribution in [-0.2, 0) is 10.3 Å². The van der Waals surface area contributed by atoms with Gasteiger partial charge in [0.2, 0.25) is 0 Å². The van der Waals surface area contributed by atoms with Crippen LogP contribution in [0.4, 0.5) is 4.79 Å². The molecular weight excluding hydrogens is 442 g/mol. The summed E-state index contributed by atoms with van der Waals surface area (Å²) in [7, 11) is 4.32. The topological polar surface area (TPSA) is 84.3 Å². The lowest BCUT2D eigenvalue weighted by Crippen LogP contribution is -2.56. The summed E-state index contributed by atoms with van der Waals surface area (Å²) in [4.78, 5) is 33.0. The van der Waals surface area contributed by atoms with Crippen molar-refractivity contribution in [1.29, 1.82) is 0 Å². The van der Waals surface area contributed by atoms with Gasteiger partial charge in [-0.3, -0.25) is 9.69 Å². The SMILES string of the molecule is CN(C)[C@]1(c2ccccc2)CC[C@]2(CC1)CN(CC(=O)C1C[C@H](O)[C@@H](O)C1)C(=O)N2CC1CCC1. The Kier molecular flexibility index (Phi) is 6.70. The van der Waals surface area contributed by atoms with E-state index in [0.29, 0.717) is 25.3 Å². The van der Waals surface area contributed by atoms with Crippen molar-refractivity contribution in [3.8, 4) is 0 Å². The lowest BCUT2D eigenvalue weighted by atomic mass is 9.68. The molecule has 1 heterocycles. The fourth-order valence-electron chi connectivity index (χ4n) is 7.08. The van der Waals surface area contributed by atoms with Crippen LogP contribution in [-0.4, -0.2) is 88.2 Å². The first-order chi connectivity index (χ1) is 16.7. The summed E-state index contributed by atoms with van der Waals surface area (Å²) in [6, 6.07) is 10.7. The van der Waals surface area contributed by atoms with E-state index in [9.17, 15) is 19.8 Å². The average molecular weight is 484 g/mol. The van der Waals surface area contributed by atoms with Crippen LogP contribution >= 0.6 is 0 Å². The van der Waals surface area contributed by atoms with Crippen LogP contribution < -0.4 is 0 Å². The average Bonchev–Trinajstić information content (AvgIpc) is 3.28. The van der Waals surface area contributed by atoms with E-state index in [2.05, 4.69) is 54.2 Å². The molecule has 4 fully saturated rings. The molecule has 0 bridgehead atoms. The molecule has 2 atom stereocenters. The first kappa shape index (κ1) is 24.7. The largest absolute Gasteiger partial charge is 0.390 e. The Morgan fingerprint density at radius 2 is 1.66 bits per heavy atom. The van der Waals surface area contributed by atoms with Crippen LogP contribution in [0, 0.1) is 11.8 Å². The number of hydrogen-bond donors (Lipinski definition) is 2. The molecule has 0 unspecified atom stereocenters. The summed E-state index contributed by atoms with van der Waals surface area (Å²) in [5, 5.41) is 19.8. The molecule has 7 nitrogen and oxygen atoms in total. The smallest absolute Gasteiger partial charge is 0.321 e. The van der Waals surface area contributed by atoms with E-state index in [0.717, 1.165) is 32.2 Å². The van der Waals surface area contributed by atoms with Crippen LogP contribution in [0.1, 0.15) is 63.4 Å². The molecule has 1 aromatic rings. The van der Waals surface area contributed by atoms with Gasteiger partial charge < -0.3 is 20.0 Å². The summed E-state index contributed by atoms with van der Waals surface area (Å²) in [5.41, 5.74) is 1.06. The number of Topliss-reactive ketones (excluding diaryl/α,β-unsaturated/α-hetero) is 1. The number of rotatable bonds is 7. The summed E-state index contributed by atoms with van der Waals surface area (Å²) in [6.07, 6.45) is 6.31. The molecule has 3 aliphatic carbocycles. The van der Waals surface area contributed by atoms with Gasteiger partial charge in [-0.25, -0.2) is 4.79 Å². The summed E-state index contributed by atoms with van der Waals surface area (Å²) in [5.74, 6) is 0.175. The highest BCUT2D eigenvalue weighted by Gasteiger charge is 2.55. The number of urea groups is 1. The number of aliphatic hydroxyl groups is 2. The third-order valence-electron chi connectivity index (χ3n) is 9.70. The van der Waals surface area contributed by atoms with Gasteiger partial charge in [0.1, 0.15) is 0 Å². The number of nitrogens with zero attached hydrogens (tertiary/aromatic N) is 3. The van der Waals surface area contributed by atoms with Gasteiger partial charge in [-0.1, -0.05) is 36.8 Å². The van der Waals surface area contributed by atoms with E-state index in [1.165, 1.54) is 24.8 Å². The van der Waals surface area contributed by atoms with Gasteiger partial charge in [-0.15, -0.1) is 0 Å².